The molecule has 84 valence electrons. The van der Waals surface area contributed by atoms with Gasteiger partial charge in [-0.05, 0) is 13.1 Å². The molecule has 0 radical (unpaired) electrons. The molecular formula is C9H20O4Si. The van der Waals surface area contributed by atoms with Crippen molar-refractivity contribution in [3.63, 3.8) is 0 Å². The molecule has 0 atom stereocenters. The van der Waals surface area contributed by atoms with Gasteiger partial charge in [0, 0.05) is 0 Å². The van der Waals surface area contributed by atoms with E-state index in [1.54, 1.807) is 0 Å². The maximum absolute atomic E-state index is 5.75. The predicted molar refractivity (Wildman–Crippen MR) is 55.9 cm³/mol. The van der Waals surface area contributed by atoms with Gasteiger partial charge >= 0.3 is 0 Å². The third-order valence-corrected chi connectivity index (χ3v) is 3.80. The maximum atomic E-state index is 5.75. The van der Waals surface area contributed by atoms with Crippen LogP contribution in [0, 0.1) is 0 Å². The Morgan fingerprint density at radius 1 is 0.714 bits per heavy atom. The van der Waals surface area contributed by atoms with Crippen molar-refractivity contribution in [1.82, 2.24) is 0 Å². The molecule has 0 aliphatic carbocycles. The van der Waals surface area contributed by atoms with E-state index in [9.17, 15) is 0 Å². The zero-order chi connectivity index (χ0) is 10.3. The van der Waals surface area contributed by atoms with Crippen LogP contribution in [0.4, 0.5) is 0 Å². The van der Waals surface area contributed by atoms with Crippen molar-refractivity contribution in [1.29, 1.82) is 0 Å². The highest BCUT2D eigenvalue weighted by Gasteiger charge is 2.22. The summed E-state index contributed by atoms with van der Waals surface area (Å²) in [6.45, 7) is 8.21. The van der Waals surface area contributed by atoms with E-state index < -0.39 is 8.32 Å². The lowest BCUT2D eigenvalue weighted by molar-refractivity contribution is 0.00479. The zero-order valence-electron chi connectivity index (χ0n) is 9.08. The van der Waals surface area contributed by atoms with Gasteiger partial charge in [0.1, 0.15) is 0 Å². The van der Waals surface area contributed by atoms with E-state index in [0.29, 0.717) is 39.6 Å². The topological polar surface area (TPSA) is 36.9 Å². The van der Waals surface area contributed by atoms with Crippen LogP contribution in [-0.2, 0) is 18.6 Å². The number of hydrogen-bond acceptors (Lipinski definition) is 4. The van der Waals surface area contributed by atoms with Gasteiger partial charge in [-0.2, -0.15) is 0 Å². The zero-order valence-corrected chi connectivity index (χ0v) is 10.1. The van der Waals surface area contributed by atoms with Crippen LogP contribution in [0.2, 0.25) is 13.1 Å². The van der Waals surface area contributed by atoms with Crippen molar-refractivity contribution in [3.8, 4) is 0 Å². The summed E-state index contributed by atoms with van der Waals surface area (Å²) >= 11 is 0. The van der Waals surface area contributed by atoms with Gasteiger partial charge in [-0.15, -0.1) is 0 Å². The Bertz CT molecular complexity index is 138. The SMILES string of the molecule is C[Si]1(C)COCCOCCOCCO1. The number of rotatable bonds is 0. The molecule has 0 bridgehead atoms. The maximum Gasteiger partial charge on any atom is 0.212 e. The Morgan fingerprint density at radius 2 is 1.21 bits per heavy atom. The Hall–Kier alpha value is 0.0569. The van der Waals surface area contributed by atoms with Gasteiger partial charge in [0.2, 0.25) is 8.32 Å². The molecule has 0 aromatic heterocycles. The minimum atomic E-state index is -1.62. The molecule has 1 rings (SSSR count). The lowest BCUT2D eigenvalue weighted by Crippen LogP contribution is -2.38. The molecule has 0 aromatic carbocycles. The molecule has 1 heterocycles. The van der Waals surface area contributed by atoms with Gasteiger partial charge in [-0.3, -0.25) is 0 Å². The van der Waals surface area contributed by atoms with Gasteiger partial charge in [-0.25, -0.2) is 0 Å². The van der Waals surface area contributed by atoms with Crippen LogP contribution in [0.1, 0.15) is 0 Å². The smallest absolute Gasteiger partial charge is 0.212 e. The van der Waals surface area contributed by atoms with Crippen LogP contribution in [0.15, 0.2) is 0 Å². The van der Waals surface area contributed by atoms with Crippen LogP contribution in [0.3, 0.4) is 0 Å². The minimum absolute atomic E-state index is 0.643. The van der Waals surface area contributed by atoms with Crippen molar-refractivity contribution >= 4 is 8.32 Å². The monoisotopic (exact) mass is 220 g/mol. The quantitative estimate of drug-likeness (QED) is 0.566. The first-order valence-electron chi connectivity index (χ1n) is 5.08. The average molecular weight is 220 g/mol. The molecule has 1 aliphatic rings. The second-order valence-electron chi connectivity index (χ2n) is 3.89. The Morgan fingerprint density at radius 3 is 1.86 bits per heavy atom. The summed E-state index contributed by atoms with van der Waals surface area (Å²) in [7, 11) is -1.62. The molecular weight excluding hydrogens is 200 g/mol. The lowest BCUT2D eigenvalue weighted by atomic mass is 10.7. The van der Waals surface area contributed by atoms with Crippen molar-refractivity contribution in [3.05, 3.63) is 0 Å². The molecule has 0 unspecified atom stereocenters. The fraction of sp³-hybridized carbons (Fsp3) is 1.00. The Labute approximate surface area is 86.6 Å². The summed E-state index contributed by atoms with van der Waals surface area (Å²) in [5.74, 6) is 0. The molecule has 1 aliphatic heterocycles. The fourth-order valence-electron chi connectivity index (χ4n) is 1.18. The van der Waals surface area contributed by atoms with E-state index in [-0.39, 0.29) is 0 Å². The van der Waals surface area contributed by atoms with E-state index in [1.807, 2.05) is 0 Å². The minimum Gasteiger partial charge on any atom is -0.413 e. The summed E-state index contributed by atoms with van der Waals surface area (Å²) in [6.07, 6.45) is 0.732. The Kier molecular flexibility index (Phi) is 5.65. The standard InChI is InChI=1S/C9H20O4Si/c1-14(2)9-12-6-5-10-3-4-11-7-8-13-14/h3-9H2,1-2H3. The summed E-state index contributed by atoms with van der Waals surface area (Å²) in [5, 5.41) is 0. The van der Waals surface area contributed by atoms with Crippen molar-refractivity contribution in [2.75, 3.05) is 45.9 Å². The molecule has 0 spiro atoms. The van der Waals surface area contributed by atoms with Gasteiger partial charge in [0.15, 0.2) is 0 Å². The molecule has 4 nitrogen and oxygen atoms in total. The first-order valence-corrected chi connectivity index (χ1v) is 8.19. The van der Waals surface area contributed by atoms with Crippen LogP contribution < -0.4 is 0 Å². The van der Waals surface area contributed by atoms with Gasteiger partial charge in [0.05, 0.1) is 45.9 Å². The molecule has 0 aromatic rings. The van der Waals surface area contributed by atoms with Crippen molar-refractivity contribution < 1.29 is 18.6 Å². The fourth-order valence-corrected chi connectivity index (χ4v) is 2.53. The summed E-state index contributed by atoms with van der Waals surface area (Å²) in [4.78, 5) is 0. The van der Waals surface area contributed by atoms with Crippen LogP contribution in [-0.4, -0.2) is 54.2 Å². The highest BCUT2D eigenvalue weighted by atomic mass is 28.4. The van der Waals surface area contributed by atoms with Crippen molar-refractivity contribution in [2.24, 2.45) is 0 Å². The Balaban J connectivity index is 2.24. The van der Waals surface area contributed by atoms with Crippen LogP contribution in [0.25, 0.3) is 0 Å². The first kappa shape index (κ1) is 12.1. The molecule has 5 heteroatoms. The molecule has 0 amide bonds. The van der Waals surface area contributed by atoms with Gasteiger partial charge < -0.3 is 18.6 Å². The van der Waals surface area contributed by atoms with E-state index in [4.69, 9.17) is 18.6 Å². The van der Waals surface area contributed by atoms with Gasteiger partial charge in [-0.1, -0.05) is 0 Å². The largest absolute Gasteiger partial charge is 0.413 e. The summed E-state index contributed by atoms with van der Waals surface area (Å²) in [5.41, 5.74) is 0. The normalized spacial score (nSPS) is 26.1. The number of ether oxygens (including phenoxy) is 3. The third kappa shape index (κ3) is 5.72. The first-order chi connectivity index (χ1) is 6.71. The summed E-state index contributed by atoms with van der Waals surface area (Å²) < 4.78 is 21.9. The second-order valence-corrected chi connectivity index (χ2v) is 7.98. The van der Waals surface area contributed by atoms with Crippen molar-refractivity contribution in [2.45, 2.75) is 13.1 Å². The van der Waals surface area contributed by atoms with E-state index in [0.717, 1.165) is 6.23 Å². The molecule has 0 N–H and O–H groups in total. The van der Waals surface area contributed by atoms with E-state index in [2.05, 4.69) is 13.1 Å². The molecule has 1 fully saturated rings. The third-order valence-electron chi connectivity index (χ3n) is 1.91. The highest BCUT2D eigenvalue weighted by Crippen LogP contribution is 2.05. The molecule has 1 saturated heterocycles. The van der Waals surface area contributed by atoms with Crippen LogP contribution >= 0.6 is 0 Å². The second kappa shape index (κ2) is 6.52. The average Bonchev–Trinajstić information content (AvgIpc) is 2.11. The van der Waals surface area contributed by atoms with E-state index in [1.165, 1.54) is 0 Å². The number of hydrogen-bond donors (Lipinski definition) is 0. The lowest BCUT2D eigenvalue weighted by Gasteiger charge is -2.23. The predicted octanol–water partition coefficient (Wildman–Crippen LogP) is 0.811. The molecule has 14 heavy (non-hydrogen) atoms. The highest BCUT2D eigenvalue weighted by molar-refractivity contribution is 6.71. The van der Waals surface area contributed by atoms with E-state index >= 15 is 0 Å². The van der Waals surface area contributed by atoms with Crippen LogP contribution in [0.5, 0.6) is 0 Å². The summed E-state index contributed by atoms with van der Waals surface area (Å²) in [6, 6.07) is 0. The van der Waals surface area contributed by atoms with Gasteiger partial charge in [0.25, 0.3) is 0 Å². The molecule has 0 saturated carbocycles.